The summed E-state index contributed by atoms with van der Waals surface area (Å²) in [4.78, 5) is 1.46. The van der Waals surface area contributed by atoms with Crippen LogP contribution in [0.3, 0.4) is 0 Å². The van der Waals surface area contributed by atoms with Gasteiger partial charge in [0, 0.05) is 16.3 Å². The van der Waals surface area contributed by atoms with E-state index in [-0.39, 0.29) is 12.3 Å². The molecule has 0 fully saturated rings. The van der Waals surface area contributed by atoms with Gasteiger partial charge in [-0.2, -0.15) is 0 Å². The molecule has 0 bridgehead atoms. The molecule has 2 N–H and O–H groups in total. The summed E-state index contributed by atoms with van der Waals surface area (Å²) in [5.74, 6) is -0.00202. The van der Waals surface area contributed by atoms with Crippen molar-refractivity contribution >= 4 is 32.7 Å². The Morgan fingerprint density at radius 1 is 1.21 bits per heavy atom. The number of aliphatic hydroxyl groups is 1. The van der Waals surface area contributed by atoms with Crippen LogP contribution in [-0.2, 0) is 15.6 Å². The van der Waals surface area contributed by atoms with Crippen molar-refractivity contribution < 1.29 is 13.5 Å². The average molecular weight is 317 g/mol. The minimum Gasteiger partial charge on any atom is -0.377 e. The number of rotatable bonds is 6. The van der Waals surface area contributed by atoms with Crippen molar-refractivity contribution in [2.24, 2.45) is 0 Å². The molecule has 0 amide bonds. The summed E-state index contributed by atoms with van der Waals surface area (Å²) < 4.78 is 25.6. The van der Waals surface area contributed by atoms with Crippen LogP contribution in [0.4, 0.5) is 0 Å². The maximum absolute atomic E-state index is 11.6. The first-order valence-electron chi connectivity index (χ1n) is 5.75. The second-order valence-electron chi connectivity index (χ2n) is 4.04. The zero-order valence-electron chi connectivity index (χ0n) is 10.4. The summed E-state index contributed by atoms with van der Waals surface area (Å²) in [5, 5.41) is 14.6. The molecule has 0 radical (unpaired) electrons. The Kier molecular flexibility index (Phi) is 4.42. The van der Waals surface area contributed by atoms with Crippen LogP contribution in [0.5, 0.6) is 0 Å². The molecular formula is C12H15NO3S3. The summed E-state index contributed by atoms with van der Waals surface area (Å²) in [7, 11) is -3.34. The van der Waals surface area contributed by atoms with Crippen molar-refractivity contribution in [1.29, 1.82) is 0 Å². The van der Waals surface area contributed by atoms with Gasteiger partial charge in [-0.15, -0.1) is 22.7 Å². The molecule has 0 unspecified atom stereocenters. The Balaban J connectivity index is 2.31. The van der Waals surface area contributed by atoms with Crippen molar-refractivity contribution in [3.05, 3.63) is 44.8 Å². The molecule has 0 spiro atoms. The third-order valence-corrected chi connectivity index (χ3v) is 6.17. The molecule has 0 aliphatic rings. The Bertz CT molecular complexity index is 568. The van der Waals surface area contributed by atoms with E-state index in [1.807, 2.05) is 35.0 Å². The Labute approximate surface area is 120 Å². The molecule has 0 aromatic carbocycles. The summed E-state index contributed by atoms with van der Waals surface area (Å²) in [6.07, 6.45) is 0. The van der Waals surface area contributed by atoms with Gasteiger partial charge >= 0.3 is 0 Å². The molecule has 19 heavy (non-hydrogen) atoms. The first-order chi connectivity index (χ1) is 8.98. The number of nitrogens with one attached hydrogen (secondary N) is 1. The van der Waals surface area contributed by atoms with Gasteiger partial charge in [-0.05, 0) is 29.8 Å². The summed E-state index contributed by atoms with van der Waals surface area (Å²) in [6, 6.07) is 7.30. The van der Waals surface area contributed by atoms with E-state index >= 15 is 0 Å². The molecule has 0 aliphatic carbocycles. The fraction of sp³-hybridized carbons (Fsp3) is 0.333. The van der Waals surface area contributed by atoms with E-state index in [0.717, 1.165) is 9.75 Å². The van der Waals surface area contributed by atoms with Crippen molar-refractivity contribution in [3.63, 3.8) is 0 Å². The molecule has 2 rings (SSSR count). The topological polar surface area (TPSA) is 66.4 Å². The summed E-state index contributed by atoms with van der Waals surface area (Å²) in [6.45, 7) is 1.52. The van der Waals surface area contributed by atoms with Crippen LogP contribution in [0.15, 0.2) is 35.0 Å². The lowest BCUT2D eigenvalue weighted by molar-refractivity contribution is 0.0937. The first kappa shape index (κ1) is 14.7. The zero-order chi connectivity index (χ0) is 13.9. The molecule has 7 heteroatoms. The molecule has 2 aromatic rings. The molecule has 2 heterocycles. The highest BCUT2D eigenvalue weighted by Gasteiger charge is 2.34. The van der Waals surface area contributed by atoms with Crippen molar-refractivity contribution in [3.8, 4) is 0 Å². The van der Waals surface area contributed by atoms with Gasteiger partial charge in [0.05, 0.1) is 5.75 Å². The summed E-state index contributed by atoms with van der Waals surface area (Å²) in [5.41, 5.74) is -1.30. The summed E-state index contributed by atoms with van der Waals surface area (Å²) >= 11 is 2.82. The highest BCUT2D eigenvalue weighted by molar-refractivity contribution is 7.89. The zero-order valence-corrected chi connectivity index (χ0v) is 12.8. The van der Waals surface area contributed by atoms with E-state index in [1.54, 1.807) is 6.92 Å². The van der Waals surface area contributed by atoms with Crippen LogP contribution in [0.2, 0.25) is 0 Å². The molecule has 104 valence electrons. The highest BCUT2D eigenvalue weighted by Crippen LogP contribution is 2.35. The second-order valence-corrected chi connectivity index (χ2v) is 8.03. The van der Waals surface area contributed by atoms with Gasteiger partial charge in [-0.1, -0.05) is 12.1 Å². The van der Waals surface area contributed by atoms with Gasteiger partial charge in [0.25, 0.3) is 0 Å². The van der Waals surface area contributed by atoms with Gasteiger partial charge < -0.3 is 5.11 Å². The molecule has 0 atom stereocenters. The lowest BCUT2D eigenvalue weighted by Crippen LogP contribution is -2.41. The van der Waals surface area contributed by atoms with Crippen LogP contribution in [0, 0.1) is 0 Å². The molecular weight excluding hydrogens is 302 g/mol. The Morgan fingerprint density at radius 3 is 2.11 bits per heavy atom. The normalized spacial score (nSPS) is 12.7. The van der Waals surface area contributed by atoms with E-state index in [2.05, 4.69) is 4.72 Å². The molecule has 0 saturated heterocycles. The van der Waals surface area contributed by atoms with Crippen LogP contribution < -0.4 is 4.72 Å². The van der Waals surface area contributed by atoms with Crippen LogP contribution >= 0.6 is 22.7 Å². The largest absolute Gasteiger partial charge is 0.377 e. The van der Waals surface area contributed by atoms with Crippen LogP contribution in [0.25, 0.3) is 0 Å². The monoisotopic (exact) mass is 317 g/mol. The van der Waals surface area contributed by atoms with E-state index in [0.29, 0.717) is 0 Å². The molecule has 4 nitrogen and oxygen atoms in total. The van der Waals surface area contributed by atoms with E-state index in [4.69, 9.17) is 0 Å². The quantitative estimate of drug-likeness (QED) is 0.856. The fourth-order valence-electron chi connectivity index (χ4n) is 1.64. The van der Waals surface area contributed by atoms with Gasteiger partial charge in [-0.25, -0.2) is 13.1 Å². The van der Waals surface area contributed by atoms with E-state index in [1.165, 1.54) is 22.7 Å². The number of hydrogen-bond acceptors (Lipinski definition) is 5. The molecule has 0 aliphatic heterocycles. The Hall–Kier alpha value is -0.730. The average Bonchev–Trinajstić information content (AvgIpc) is 3.08. The number of hydrogen-bond donors (Lipinski definition) is 2. The lowest BCUT2D eigenvalue weighted by atomic mass is 10.0. The fourth-order valence-corrected chi connectivity index (χ4v) is 4.01. The van der Waals surface area contributed by atoms with Crippen LogP contribution in [0.1, 0.15) is 16.7 Å². The van der Waals surface area contributed by atoms with Crippen LogP contribution in [-0.4, -0.2) is 25.8 Å². The van der Waals surface area contributed by atoms with Gasteiger partial charge in [0.15, 0.2) is 0 Å². The third kappa shape index (κ3) is 3.24. The van der Waals surface area contributed by atoms with Gasteiger partial charge in [0.1, 0.15) is 5.60 Å². The SMILES string of the molecule is CCS(=O)(=O)NCC(O)(c1cccs1)c1cccs1. The third-order valence-electron chi connectivity index (χ3n) is 2.79. The van der Waals surface area contributed by atoms with Gasteiger partial charge in [-0.3, -0.25) is 0 Å². The molecule has 0 saturated carbocycles. The number of thiophene rings is 2. The van der Waals surface area contributed by atoms with Crippen molar-refractivity contribution in [2.45, 2.75) is 12.5 Å². The maximum atomic E-state index is 11.6. The standard InChI is InChI=1S/C12H15NO3S3/c1-2-19(15,16)13-9-12(14,10-5-3-7-17-10)11-6-4-8-18-11/h3-8,13-14H,2,9H2,1H3. The molecule has 2 aromatic heterocycles. The lowest BCUT2D eigenvalue weighted by Gasteiger charge is -2.26. The van der Waals surface area contributed by atoms with E-state index in [9.17, 15) is 13.5 Å². The first-order valence-corrected chi connectivity index (χ1v) is 9.17. The van der Waals surface area contributed by atoms with Crippen molar-refractivity contribution in [1.82, 2.24) is 4.72 Å². The minimum absolute atomic E-state index is 0.00202. The highest BCUT2D eigenvalue weighted by atomic mass is 32.2. The minimum atomic E-state index is -3.34. The Morgan fingerprint density at radius 2 is 1.74 bits per heavy atom. The maximum Gasteiger partial charge on any atom is 0.211 e. The second kappa shape index (κ2) is 5.72. The smallest absolute Gasteiger partial charge is 0.211 e. The predicted molar refractivity (Wildman–Crippen MR) is 79.1 cm³/mol. The van der Waals surface area contributed by atoms with E-state index < -0.39 is 15.6 Å². The number of sulfonamides is 1. The van der Waals surface area contributed by atoms with Gasteiger partial charge in [0.2, 0.25) is 10.0 Å². The van der Waals surface area contributed by atoms with Crippen molar-refractivity contribution in [2.75, 3.05) is 12.3 Å². The predicted octanol–water partition coefficient (Wildman–Crippen LogP) is 1.98.